The number of hydrogen-bond donors (Lipinski definition) is 1. The van der Waals surface area contributed by atoms with Gasteiger partial charge < -0.3 is 14.8 Å². The Bertz CT molecular complexity index is 873. The van der Waals surface area contributed by atoms with Crippen LogP contribution in [-0.4, -0.2) is 41.0 Å². The van der Waals surface area contributed by atoms with Gasteiger partial charge in [0.2, 0.25) is 0 Å². The maximum absolute atomic E-state index is 12.3. The first-order valence-electron chi connectivity index (χ1n) is 8.59. The van der Waals surface area contributed by atoms with Gasteiger partial charge in [-0.15, -0.1) is 0 Å². The molecule has 1 N–H and O–H groups in total. The van der Waals surface area contributed by atoms with Gasteiger partial charge >= 0.3 is 0 Å². The number of pyridine rings is 1. The summed E-state index contributed by atoms with van der Waals surface area (Å²) in [6.45, 7) is 1.41. The van der Waals surface area contributed by atoms with E-state index in [1.807, 2.05) is 25.4 Å². The number of rotatable bonds is 8. The van der Waals surface area contributed by atoms with Gasteiger partial charge in [0.15, 0.2) is 0 Å². The van der Waals surface area contributed by atoms with Gasteiger partial charge in [0.05, 0.1) is 18.5 Å². The summed E-state index contributed by atoms with van der Waals surface area (Å²) in [7, 11) is 3.49. The van der Waals surface area contributed by atoms with Crippen molar-refractivity contribution in [3.8, 4) is 17.0 Å². The molecule has 2 heterocycles. The molecular formula is C20H22N4O3. The minimum atomic E-state index is -0.144. The standard InChI is InChI=1S/C20H22N4O3/c1-24-14-17(13-23-24)19-8-3-15(11-21-19)12-22-20(25)16-4-6-18(7-5-16)27-10-9-26-2/h3-8,11,13-14H,9-10,12H2,1-2H3,(H,22,25). The quantitative estimate of drug-likeness (QED) is 0.620. The lowest BCUT2D eigenvalue weighted by molar-refractivity contribution is 0.0950. The molecule has 0 aliphatic heterocycles. The Morgan fingerprint density at radius 1 is 1.11 bits per heavy atom. The lowest BCUT2D eigenvalue weighted by Crippen LogP contribution is -2.22. The second-order valence-electron chi connectivity index (χ2n) is 6.00. The van der Waals surface area contributed by atoms with Crippen LogP contribution in [0.1, 0.15) is 15.9 Å². The van der Waals surface area contributed by atoms with Gasteiger partial charge in [-0.2, -0.15) is 5.10 Å². The summed E-state index contributed by atoms with van der Waals surface area (Å²) in [6.07, 6.45) is 5.44. The van der Waals surface area contributed by atoms with Crippen molar-refractivity contribution >= 4 is 5.91 Å². The van der Waals surface area contributed by atoms with Crippen LogP contribution in [0.25, 0.3) is 11.3 Å². The van der Waals surface area contributed by atoms with Crippen LogP contribution in [0.2, 0.25) is 0 Å². The van der Waals surface area contributed by atoms with E-state index in [0.29, 0.717) is 31.1 Å². The van der Waals surface area contributed by atoms with E-state index in [1.54, 1.807) is 48.5 Å². The Labute approximate surface area is 158 Å². The number of carbonyl (C=O) groups excluding carboxylic acids is 1. The van der Waals surface area contributed by atoms with E-state index >= 15 is 0 Å². The van der Waals surface area contributed by atoms with Crippen LogP contribution in [0.3, 0.4) is 0 Å². The molecule has 1 amide bonds. The summed E-state index contributed by atoms with van der Waals surface area (Å²) in [5.41, 5.74) is 3.31. The van der Waals surface area contributed by atoms with E-state index in [1.165, 1.54) is 0 Å². The number of amides is 1. The van der Waals surface area contributed by atoms with Crippen LogP contribution >= 0.6 is 0 Å². The minimum Gasteiger partial charge on any atom is -0.491 e. The molecule has 3 aromatic rings. The molecule has 7 nitrogen and oxygen atoms in total. The number of aromatic nitrogens is 3. The van der Waals surface area contributed by atoms with Crippen molar-refractivity contribution in [1.82, 2.24) is 20.1 Å². The predicted molar refractivity (Wildman–Crippen MR) is 101 cm³/mol. The first-order valence-corrected chi connectivity index (χ1v) is 8.59. The van der Waals surface area contributed by atoms with Gasteiger partial charge in [-0.05, 0) is 35.9 Å². The van der Waals surface area contributed by atoms with Crippen molar-refractivity contribution in [2.75, 3.05) is 20.3 Å². The molecule has 27 heavy (non-hydrogen) atoms. The lowest BCUT2D eigenvalue weighted by Gasteiger charge is -2.08. The largest absolute Gasteiger partial charge is 0.491 e. The maximum atomic E-state index is 12.3. The van der Waals surface area contributed by atoms with Gasteiger partial charge in [0.25, 0.3) is 5.91 Å². The zero-order chi connectivity index (χ0) is 19.1. The lowest BCUT2D eigenvalue weighted by atomic mass is 10.2. The molecule has 0 atom stereocenters. The zero-order valence-electron chi connectivity index (χ0n) is 15.4. The molecule has 7 heteroatoms. The van der Waals surface area contributed by atoms with E-state index in [0.717, 1.165) is 16.8 Å². The fourth-order valence-corrected chi connectivity index (χ4v) is 2.48. The van der Waals surface area contributed by atoms with E-state index < -0.39 is 0 Å². The number of nitrogens with zero attached hydrogens (tertiary/aromatic N) is 3. The number of ether oxygens (including phenoxy) is 2. The second-order valence-corrected chi connectivity index (χ2v) is 6.00. The van der Waals surface area contributed by atoms with Crippen molar-refractivity contribution in [2.24, 2.45) is 7.05 Å². The van der Waals surface area contributed by atoms with Gasteiger partial charge in [0.1, 0.15) is 12.4 Å². The summed E-state index contributed by atoms with van der Waals surface area (Å²) in [4.78, 5) is 16.7. The average molecular weight is 366 g/mol. The first-order chi connectivity index (χ1) is 13.2. The molecule has 0 unspecified atom stereocenters. The topological polar surface area (TPSA) is 78.3 Å². The molecule has 0 bridgehead atoms. The van der Waals surface area contributed by atoms with Crippen molar-refractivity contribution in [2.45, 2.75) is 6.54 Å². The maximum Gasteiger partial charge on any atom is 0.251 e. The van der Waals surface area contributed by atoms with Crippen LogP contribution in [-0.2, 0) is 18.3 Å². The molecular weight excluding hydrogens is 344 g/mol. The number of carbonyl (C=O) groups is 1. The van der Waals surface area contributed by atoms with Gasteiger partial charge in [-0.3, -0.25) is 14.5 Å². The molecule has 0 aliphatic rings. The van der Waals surface area contributed by atoms with Crippen molar-refractivity contribution in [1.29, 1.82) is 0 Å². The fourth-order valence-electron chi connectivity index (χ4n) is 2.48. The van der Waals surface area contributed by atoms with E-state index in [-0.39, 0.29) is 5.91 Å². The Balaban J connectivity index is 1.52. The average Bonchev–Trinajstić information content (AvgIpc) is 3.13. The third-order valence-corrected chi connectivity index (χ3v) is 3.95. The molecule has 140 valence electrons. The Morgan fingerprint density at radius 3 is 2.56 bits per heavy atom. The van der Waals surface area contributed by atoms with Crippen LogP contribution < -0.4 is 10.1 Å². The van der Waals surface area contributed by atoms with Gasteiger partial charge in [-0.25, -0.2) is 0 Å². The smallest absolute Gasteiger partial charge is 0.251 e. The fraction of sp³-hybridized carbons (Fsp3) is 0.250. The molecule has 1 aromatic carbocycles. The van der Waals surface area contributed by atoms with Crippen LogP contribution in [0.4, 0.5) is 0 Å². The summed E-state index contributed by atoms with van der Waals surface area (Å²) in [6, 6.07) is 10.9. The van der Waals surface area contributed by atoms with E-state index in [2.05, 4.69) is 15.4 Å². The summed E-state index contributed by atoms with van der Waals surface area (Å²) < 4.78 is 12.2. The highest BCUT2D eigenvalue weighted by molar-refractivity contribution is 5.94. The SMILES string of the molecule is COCCOc1ccc(C(=O)NCc2ccc(-c3cnn(C)c3)nc2)cc1. The highest BCUT2D eigenvalue weighted by Gasteiger charge is 2.07. The van der Waals surface area contributed by atoms with E-state index in [9.17, 15) is 4.79 Å². The Kier molecular flexibility index (Phi) is 6.17. The molecule has 0 saturated heterocycles. The molecule has 0 aliphatic carbocycles. The monoisotopic (exact) mass is 366 g/mol. The number of nitrogens with one attached hydrogen (secondary N) is 1. The van der Waals surface area contributed by atoms with Crippen LogP contribution in [0, 0.1) is 0 Å². The summed E-state index contributed by atoms with van der Waals surface area (Å²) in [5.74, 6) is 0.563. The van der Waals surface area contributed by atoms with E-state index in [4.69, 9.17) is 9.47 Å². The number of hydrogen-bond acceptors (Lipinski definition) is 5. The molecule has 0 saturated carbocycles. The second kappa shape index (κ2) is 8.95. The van der Waals surface area contributed by atoms with Crippen molar-refractivity contribution in [3.63, 3.8) is 0 Å². The molecule has 2 aromatic heterocycles. The predicted octanol–water partition coefficient (Wildman–Crippen LogP) is 2.44. The number of methoxy groups -OCH3 is 1. The zero-order valence-corrected chi connectivity index (χ0v) is 15.4. The third-order valence-electron chi connectivity index (χ3n) is 3.95. The molecule has 3 rings (SSSR count). The highest BCUT2D eigenvalue weighted by atomic mass is 16.5. The first kappa shape index (κ1) is 18.6. The number of aryl methyl sites for hydroxylation is 1. The molecule has 0 radical (unpaired) electrons. The Hall–Kier alpha value is -3.19. The highest BCUT2D eigenvalue weighted by Crippen LogP contribution is 2.16. The van der Waals surface area contributed by atoms with Gasteiger partial charge in [0, 0.05) is 44.2 Å². The van der Waals surface area contributed by atoms with Crippen molar-refractivity contribution in [3.05, 3.63) is 66.1 Å². The van der Waals surface area contributed by atoms with Gasteiger partial charge in [-0.1, -0.05) is 6.07 Å². The normalized spacial score (nSPS) is 10.6. The minimum absolute atomic E-state index is 0.144. The molecule has 0 fully saturated rings. The molecule has 0 spiro atoms. The number of benzene rings is 1. The third kappa shape index (κ3) is 5.15. The summed E-state index contributed by atoms with van der Waals surface area (Å²) >= 11 is 0. The van der Waals surface area contributed by atoms with Crippen molar-refractivity contribution < 1.29 is 14.3 Å². The van der Waals surface area contributed by atoms with Crippen LogP contribution in [0.5, 0.6) is 5.75 Å². The summed E-state index contributed by atoms with van der Waals surface area (Å²) in [5, 5.41) is 7.03. The van der Waals surface area contributed by atoms with Crippen LogP contribution in [0.15, 0.2) is 55.0 Å². The Morgan fingerprint density at radius 2 is 1.93 bits per heavy atom.